The lowest BCUT2D eigenvalue weighted by Gasteiger charge is -2.15. The fourth-order valence-corrected chi connectivity index (χ4v) is 1.23. The Morgan fingerprint density at radius 2 is 2.28 bits per heavy atom. The van der Waals surface area contributed by atoms with E-state index in [0.717, 1.165) is 4.90 Å². The van der Waals surface area contributed by atoms with Crippen molar-refractivity contribution in [2.24, 2.45) is 5.73 Å². The fraction of sp³-hybridized carbons (Fsp3) is 0.333. The van der Waals surface area contributed by atoms with Gasteiger partial charge < -0.3 is 10.6 Å². The number of amides is 1. The molecule has 0 aliphatic carbocycles. The molecule has 0 radical (unpaired) electrons. The summed E-state index contributed by atoms with van der Waals surface area (Å²) in [4.78, 5) is 16.5. The summed E-state index contributed by atoms with van der Waals surface area (Å²) in [7, 11) is 1.30. The van der Waals surface area contributed by atoms with Crippen molar-refractivity contribution in [2.75, 3.05) is 20.1 Å². The van der Waals surface area contributed by atoms with E-state index >= 15 is 0 Å². The molecule has 0 atom stereocenters. The number of halogens is 2. The van der Waals surface area contributed by atoms with Crippen LogP contribution in [0, 0.1) is 11.8 Å². The van der Waals surface area contributed by atoms with Gasteiger partial charge in [0.1, 0.15) is 5.69 Å². The summed E-state index contributed by atoms with van der Waals surface area (Å²) in [6.07, 6.45) is -1.15. The molecular weight excluding hydrogens is 240 g/mol. The molecule has 96 valence electrons. The van der Waals surface area contributed by atoms with Crippen LogP contribution in [0.1, 0.15) is 16.1 Å². The highest BCUT2D eigenvalue weighted by atomic mass is 19.3. The van der Waals surface area contributed by atoms with E-state index in [-0.39, 0.29) is 12.2 Å². The second-order valence-electron chi connectivity index (χ2n) is 3.51. The lowest BCUT2D eigenvalue weighted by molar-refractivity contribution is 0.0615. The zero-order valence-corrected chi connectivity index (χ0v) is 9.86. The number of carbonyl (C=O) groups excluding carboxylic acids is 1. The smallest absolute Gasteiger partial charge is 0.272 e. The van der Waals surface area contributed by atoms with Crippen molar-refractivity contribution >= 4 is 5.91 Å². The van der Waals surface area contributed by atoms with Crippen LogP contribution in [0.3, 0.4) is 0 Å². The van der Waals surface area contributed by atoms with E-state index in [1.165, 1.54) is 19.3 Å². The predicted molar refractivity (Wildman–Crippen MR) is 63.1 cm³/mol. The number of carbonyl (C=O) groups is 1. The number of aromatic nitrogens is 1. The van der Waals surface area contributed by atoms with Gasteiger partial charge in [-0.15, -0.1) is 0 Å². The monoisotopic (exact) mass is 253 g/mol. The van der Waals surface area contributed by atoms with Crippen molar-refractivity contribution in [2.45, 2.75) is 6.43 Å². The topological polar surface area (TPSA) is 59.2 Å². The van der Waals surface area contributed by atoms with Gasteiger partial charge in [-0.1, -0.05) is 11.8 Å². The van der Waals surface area contributed by atoms with Crippen LogP contribution >= 0.6 is 0 Å². The van der Waals surface area contributed by atoms with E-state index in [2.05, 4.69) is 16.8 Å². The molecule has 0 bridgehead atoms. The molecule has 0 fully saturated rings. The lowest BCUT2D eigenvalue weighted by Crippen LogP contribution is -2.31. The van der Waals surface area contributed by atoms with Crippen molar-refractivity contribution < 1.29 is 13.6 Å². The van der Waals surface area contributed by atoms with Crippen molar-refractivity contribution in [1.29, 1.82) is 0 Å². The van der Waals surface area contributed by atoms with Gasteiger partial charge in [-0.05, 0) is 12.1 Å². The maximum Gasteiger partial charge on any atom is 0.272 e. The molecule has 0 saturated heterocycles. The van der Waals surface area contributed by atoms with E-state index in [0.29, 0.717) is 5.56 Å². The number of nitrogens with zero attached hydrogens (tertiary/aromatic N) is 2. The minimum atomic E-state index is -2.56. The summed E-state index contributed by atoms with van der Waals surface area (Å²) < 4.78 is 24.2. The predicted octanol–water partition coefficient (Wildman–Crippen LogP) is 0.729. The summed E-state index contributed by atoms with van der Waals surface area (Å²) in [5.41, 5.74) is 5.94. The average Bonchev–Trinajstić information content (AvgIpc) is 2.35. The average molecular weight is 253 g/mol. The van der Waals surface area contributed by atoms with Crippen LogP contribution in [-0.4, -0.2) is 42.4 Å². The van der Waals surface area contributed by atoms with E-state index in [1.54, 1.807) is 6.07 Å². The highest BCUT2D eigenvalue weighted by Gasteiger charge is 2.16. The Balaban J connectivity index is 2.75. The minimum absolute atomic E-state index is 0.108. The van der Waals surface area contributed by atoms with Crippen molar-refractivity contribution in [3.63, 3.8) is 0 Å². The Bertz CT molecular complexity index is 462. The molecular formula is C12H13F2N3O. The van der Waals surface area contributed by atoms with E-state index in [1.807, 2.05) is 0 Å². The SMILES string of the molecule is CN(CC(F)F)C(=O)c1ccc(C#CCN)cn1. The Morgan fingerprint density at radius 1 is 1.56 bits per heavy atom. The molecule has 1 aromatic rings. The van der Waals surface area contributed by atoms with Crippen LogP contribution in [0.2, 0.25) is 0 Å². The van der Waals surface area contributed by atoms with Gasteiger partial charge in [0.15, 0.2) is 0 Å². The highest BCUT2D eigenvalue weighted by molar-refractivity contribution is 5.92. The number of nitrogens with two attached hydrogens (primary N) is 1. The number of hydrogen-bond acceptors (Lipinski definition) is 3. The van der Waals surface area contributed by atoms with Gasteiger partial charge in [-0.3, -0.25) is 4.79 Å². The molecule has 0 saturated carbocycles. The molecule has 18 heavy (non-hydrogen) atoms. The van der Waals surface area contributed by atoms with Crippen LogP contribution in [-0.2, 0) is 0 Å². The molecule has 0 unspecified atom stereocenters. The molecule has 1 heterocycles. The van der Waals surface area contributed by atoms with Crippen LogP contribution in [0.25, 0.3) is 0 Å². The molecule has 1 aromatic heterocycles. The highest BCUT2D eigenvalue weighted by Crippen LogP contribution is 2.04. The lowest BCUT2D eigenvalue weighted by atomic mass is 10.2. The Kier molecular flexibility index (Phi) is 5.21. The number of alkyl halides is 2. The second kappa shape index (κ2) is 6.67. The van der Waals surface area contributed by atoms with Gasteiger partial charge >= 0.3 is 0 Å². The molecule has 0 spiro atoms. The molecule has 0 aliphatic heterocycles. The van der Waals surface area contributed by atoms with Crippen LogP contribution in [0.5, 0.6) is 0 Å². The second-order valence-corrected chi connectivity index (χ2v) is 3.51. The first-order chi connectivity index (χ1) is 8.54. The van der Waals surface area contributed by atoms with Gasteiger partial charge in [0.25, 0.3) is 12.3 Å². The van der Waals surface area contributed by atoms with Gasteiger partial charge in [0, 0.05) is 18.8 Å². The molecule has 1 rings (SSSR count). The molecule has 4 nitrogen and oxygen atoms in total. The first-order valence-electron chi connectivity index (χ1n) is 5.23. The Hall–Kier alpha value is -2.00. The molecule has 0 aliphatic rings. The third-order valence-electron chi connectivity index (χ3n) is 2.08. The summed E-state index contributed by atoms with van der Waals surface area (Å²) in [6, 6.07) is 3.05. The molecule has 2 N–H and O–H groups in total. The first kappa shape index (κ1) is 14.1. The summed E-state index contributed by atoms with van der Waals surface area (Å²) in [6.45, 7) is -0.382. The summed E-state index contributed by atoms with van der Waals surface area (Å²) in [5, 5.41) is 0. The standard InChI is InChI=1S/C12H13F2N3O/c1-17(8-11(13)14)12(18)10-5-4-9(7-16-10)3-2-6-15/h4-5,7,11H,6,8,15H2,1H3. The zero-order chi connectivity index (χ0) is 13.5. The van der Waals surface area contributed by atoms with E-state index in [9.17, 15) is 13.6 Å². The maximum absolute atomic E-state index is 12.1. The van der Waals surface area contributed by atoms with Gasteiger partial charge in [0.05, 0.1) is 13.1 Å². The maximum atomic E-state index is 12.1. The third kappa shape index (κ3) is 4.11. The number of pyridine rings is 1. The summed E-state index contributed by atoms with van der Waals surface area (Å²) in [5.74, 6) is 4.85. The number of hydrogen-bond donors (Lipinski definition) is 1. The van der Waals surface area contributed by atoms with Crippen LogP contribution < -0.4 is 5.73 Å². The molecule has 1 amide bonds. The van der Waals surface area contributed by atoms with Gasteiger partial charge in [-0.2, -0.15) is 0 Å². The van der Waals surface area contributed by atoms with Gasteiger partial charge in [-0.25, -0.2) is 13.8 Å². The van der Waals surface area contributed by atoms with E-state index < -0.39 is 18.9 Å². The zero-order valence-electron chi connectivity index (χ0n) is 9.86. The molecule has 0 aromatic carbocycles. The van der Waals surface area contributed by atoms with Gasteiger partial charge in [0.2, 0.25) is 0 Å². The third-order valence-corrected chi connectivity index (χ3v) is 2.08. The molecule has 6 heteroatoms. The van der Waals surface area contributed by atoms with Crippen molar-refractivity contribution in [3.05, 3.63) is 29.6 Å². The van der Waals surface area contributed by atoms with E-state index in [4.69, 9.17) is 5.73 Å². The summed E-state index contributed by atoms with van der Waals surface area (Å²) >= 11 is 0. The first-order valence-corrected chi connectivity index (χ1v) is 5.23. The Labute approximate surface area is 104 Å². The fourth-order valence-electron chi connectivity index (χ4n) is 1.23. The quantitative estimate of drug-likeness (QED) is 0.808. The van der Waals surface area contributed by atoms with Crippen LogP contribution in [0.4, 0.5) is 8.78 Å². The van der Waals surface area contributed by atoms with Crippen LogP contribution in [0.15, 0.2) is 18.3 Å². The normalized spacial score (nSPS) is 9.83. The van der Waals surface area contributed by atoms with Crippen molar-refractivity contribution in [3.8, 4) is 11.8 Å². The van der Waals surface area contributed by atoms with Crippen molar-refractivity contribution in [1.82, 2.24) is 9.88 Å². The Morgan fingerprint density at radius 3 is 2.78 bits per heavy atom. The largest absolute Gasteiger partial charge is 0.335 e. The number of rotatable bonds is 3. The minimum Gasteiger partial charge on any atom is -0.335 e.